The van der Waals surface area contributed by atoms with Gasteiger partial charge in [-0.15, -0.1) is 0 Å². The Morgan fingerprint density at radius 1 is 1.37 bits per heavy atom. The van der Waals surface area contributed by atoms with Crippen LogP contribution in [0.3, 0.4) is 0 Å². The average molecular weight is 266 g/mol. The second-order valence-corrected chi connectivity index (χ2v) is 5.99. The van der Waals surface area contributed by atoms with E-state index in [4.69, 9.17) is 5.11 Å². The van der Waals surface area contributed by atoms with Gasteiger partial charge in [0, 0.05) is 16.9 Å². The summed E-state index contributed by atoms with van der Waals surface area (Å²) in [5.74, 6) is -1.34. The van der Waals surface area contributed by atoms with Gasteiger partial charge < -0.3 is 5.11 Å². The molecule has 0 aromatic carbocycles. The summed E-state index contributed by atoms with van der Waals surface area (Å²) in [6.07, 6.45) is 0.385. The van der Waals surface area contributed by atoms with E-state index < -0.39 is 11.9 Å². The smallest absolute Gasteiger partial charge is 0.348 e. The van der Waals surface area contributed by atoms with Gasteiger partial charge in [0.1, 0.15) is 0 Å². The molecule has 1 rings (SSSR count). The van der Waals surface area contributed by atoms with Gasteiger partial charge in [-0.3, -0.25) is 9.36 Å². The van der Waals surface area contributed by atoms with Crippen molar-refractivity contribution in [1.29, 1.82) is 0 Å². The molecule has 1 heterocycles. The molecule has 1 N–H and O–H groups in total. The van der Waals surface area contributed by atoms with Crippen LogP contribution in [0.4, 0.5) is 0 Å². The van der Waals surface area contributed by atoms with Crippen LogP contribution in [0.1, 0.15) is 44.6 Å². The molecule has 0 spiro atoms. The molecule has 0 saturated heterocycles. The lowest BCUT2D eigenvalue weighted by molar-refractivity contribution is -0.141. The molecule has 5 nitrogen and oxygen atoms in total. The fourth-order valence-electron chi connectivity index (χ4n) is 2.28. The van der Waals surface area contributed by atoms with Crippen LogP contribution in [0.25, 0.3) is 0 Å². The molecule has 0 fully saturated rings. The van der Waals surface area contributed by atoms with Gasteiger partial charge in [0.2, 0.25) is 0 Å². The minimum atomic E-state index is -0.840. The predicted molar refractivity (Wildman–Crippen MR) is 73.5 cm³/mol. The minimum Gasteiger partial charge on any atom is -0.481 e. The number of rotatable bonds is 3. The van der Waals surface area contributed by atoms with Gasteiger partial charge in [-0.1, -0.05) is 6.92 Å². The highest BCUT2D eigenvalue weighted by atomic mass is 16.4. The molecule has 0 amide bonds. The maximum absolute atomic E-state index is 12.0. The summed E-state index contributed by atoms with van der Waals surface area (Å²) < 4.78 is 1.63. The Bertz CT molecular complexity index is 553. The van der Waals surface area contributed by atoms with Crippen molar-refractivity contribution in [2.75, 3.05) is 0 Å². The molecule has 1 aromatic rings. The zero-order chi connectivity index (χ0) is 15.0. The van der Waals surface area contributed by atoms with E-state index in [1.165, 1.54) is 0 Å². The van der Waals surface area contributed by atoms with E-state index in [-0.39, 0.29) is 11.2 Å². The highest BCUT2D eigenvalue weighted by Gasteiger charge is 2.23. The molecule has 1 aromatic heterocycles. The van der Waals surface area contributed by atoms with Gasteiger partial charge in [-0.25, -0.2) is 4.79 Å². The van der Waals surface area contributed by atoms with Crippen LogP contribution >= 0.6 is 0 Å². The zero-order valence-corrected chi connectivity index (χ0v) is 12.4. The molecular formula is C14H22N2O3. The number of carboxylic acids is 1. The van der Waals surface area contributed by atoms with Crippen LogP contribution in [-0.4, -0.2) is 20.6 Å². The van der Waals surface area contributed by atoms with Gasteiger partial charge in [-0.2, -0.15) is 4.98 Å². The number of hydrogen-bond donors (Lipinski definition) is 1. The summed E-state index contributed by atoms with van der Waals surface area (Å²) in [7, 11) is 0. The van der Waals surface area contributed by atoms with E-state index in [1.807, 2.05) is 27.7 Å². The lowest BCUT2D eigenvalue weighted by Gasteiger charge is -2.27. The summed E-state index contributed by atoms with van der Waals surface area (Å²) >= 11 is 0. The molecule has 1 unspecified atom stereocenters. The Balaban J connectivity index is 3.42. The fourth-order valence-corrected chi connectivity index (χ4v) is 2.28. The molecule has 106 valence electrons. The quantitative estimate of drug-likeness (QED) is 0.906. The molecule has 0 bridgehead atoms. The van der Waals surface area contributed by atoms with E-state index in [0.29, 0.717) is 12.1 Å². The summed E-state index contributed by atoms with van der Waals surface area (Å²) in [5.41, 5.74) is 1.62. The summed E-state index contributed by atoms with van der Waals surface area (Å²) in [6, 6.07) is 0. The highest BCUT2D eigenvalue weighted by Crippen LogP contribution is 2.20. The van der Waals surface area contributed by atoms with Gasteiger partial charge in [0.15, 0.2) is 0 Å². The molecular weight excluding hydrogens is 244 g/mol. The number of carboxylic acid groups (broad SMARTS) is 1. The first-order valence-electron chi connectivity index (χ1n) is 6.38. The Kier molecular flexibility index (Phi) is 4.18. The monoisotopic (exact) mass is 266 g/mol. The third-order valence-electron chi connectivity index (χ3n) is 3.27. The van der Waals surface area contributed by atoms with Gasteiger partial charge in [0.05, 0.1) is 5.92 Å². The van der Waals surface area contributed by atoms with Crippen LogP contribution in [0, 0.1) is 19.8 Å². The normalized spacial score (nSPS) is 13.4. The van der Waals surface area contributed by atoms with E-state index in [2.05, 4.69) is 4.98 Å². The van der Waals surface area contributed by atoms with E-state index >= 15 is 0 Å². The lowest BCUT2D eigenvalue weighted by atomic mass is 9.97. The van der Waals surface area contributed by atoms with Crippen LogP contribution in [0.15, 0.2) is 4.79 Å². The van der Waals surface area contributed by atoms with E-state index in [1.54, 1.807) is 18.4 Å². The van der Waals surface area contributed by atoms with Crippen molar-refractivity contribution in [1.82, 2.24) is 9.55 Å². The zero-order valence-electron chi connectivity index (χ0n) is 12.4. The summed E-state index contributed by atoms with van der Waals surface area (Å²) in [4.78, 5) is 27.0. The van der Waals surface area contributed by atoms with Crippen molar-refractivity contribution in [2.24, 2.45) is 5.92 Å². The fraction of sp³-hybridized carbons (Fsp3) is 0.643. The molecule has 0 aliphatic carbocycles. The molecule has 19 heavy (non-hydrogen) atoms. The lowest BCUT2D eigenvalue weighted by Crippen LogP contribution is -2.38. The van der Waals surface area contributed by atoms with Crippen molar-refractivity contribution in [2.45, 2.75) is 53.5 Å². The maximum atomic E-state index is 12.0. The number of aromatic nitrogens is 2. The molecule has 5 heteroatoms. The molecule has 0 aliphatic heterocycles. The molecule has 0 saturated carbocycles. The van der Waals surface area contributed by atoms with Crippen molar-refractivity contribution in [3.8, 4) is 0 Å². The minimum absolute atomic E-state index is 0.283. The van der Waals surface area contributed by atoms with Crippen molar-refractivity contribution in [3.05, 3.63) is 27.4 Å². The average Bonchev–Trinajstić information content (AvgIpc) is 2.20. The SMILES string of the molecule is Cc1nc(=O)n(C(C)(C)C)c(C)c1CC(C)C(=O)O. The first-order valence-corrected chi connectivity index (χ1v) is 6.38. The third kappa shape index (κ3) is 3.22. The number of carbonyl (C=O) groups is 1. The van der Waals surface area contributed by atoms with E-state index in [0.717, 1.165) is 11.3 Å². The number of aryl methyl sites for hydroxylation is 1. The number of nitrogens with zero attached hydrogens (tertiary/aromatic N) is 2. The third-order valence-corrected chi connectivity index (χ3v) is 3.27. The van der Waals surface area contributed by atoms with Gasteiger partial charge in [0.25, 0.3) is 0 Å². The van der Waals surface area contributed by atoms with Crippen LogP contribution in [0.5, 0.6) is 0 Å². The Morgan fingerprint density at radius 2 is 1.89 bits per heavy atom. The van der Waals surface area contributed by atoms with Crippen LogP contribution < -0.4 is 5.69 Å². The Morgan fingerprint density at radius 3 is 2.32 bits per heavy atom. The Labute approximate surface area is 113 Å². The predicted octanol–water partition coefficient (Wildman–Crippen LogP) is 1.88. The van der Waals surface area contributed by atoms with Crippen molar-refractivity contribution in [3.63, 3.8) is 0 Å². The highest BCUT2D eigenvalue weighted by molar-refractivity contribution is 5.70. The number of aliphatic carboxylic acids is 1. The van der Waals surface area contributed by atoms with Crippen molar-refractivity contribution < 1.29 is 9.90 Å². The summed E-state index contributed by atoms with van der Waals surface area (Å²) in [5, 5.41) is 9.02. The van der Waals surface area contributed by atoms with E-state index in [9.17, 15) is 9.59 Å². The topological polar surface area (TPSA) is 72.2 Å². The first-order chi connectivity index (χ1) is 8.55. The first kappa shape index (κ1) is 15.4. The number of hydrogen-bond acceptors (Lipinski definition) is 3. The van der Waals surface area contributed by atoms with Gasteiger partial charge in [-0.05, 0) is 46.6 Å². The molecule has 0 radical (unpaired) electrons. The molecule has 1 atom stereocenters. The van der Waals surface area contributed by atoms with Crippen LogP contribution in [-0.2, 0) is 16.8 Å². The largest absolute Gasteiger partial charge is 0.481 e. The van der Waals surface area contributed by atoms with Crippen LogP contribution in [0.2, 0.25) is 0 Å². The van der Waals surface area contributed by atoms with Crippen molar-refractivity contribution >= 4 is 5.97 Å². The maximum Gasteiger partial charge on any atom is 0.348 e. The standard InChI is InChI=1S/C14H22N2O3/c1-8(12(17)18)7-11-9(2)15-13(19)16(10(11)3)14(4,5)6/h8H,7H2,1-6H3,(H,17,18). The second kappa shape index (κ2) is 5.15. The van der Waals surface area contributed by atoms with Gasteiger partial charge >= 0.3 is 11.7 Å². The summed E-state index contributed by atoms with van der Waals surface area (Å²) in [6.45, 7) is 11.1. The molecule has 0 aliphatic rings. The Hall–Kier alpha value is -1.65. The second-order valence-electron chi connectivity index (χ2n) is 5.99.